The molecular weight excluding hydrogens is 368 g/mol. The number of carbonyl (C=O) groups is 2. The first-order valence-corrected chi connectivity index (χ1v) is 8.77. The molecular formula is C20H23ClN2O4. The van der Waals surface area contributed by atoms with Crippen LogP contribution in [0.5, 0.6) is 11.5 Å². The van der Waals surface area contributed by atoms with Crippen LogP contribution < -0.4 is 20.1 Å². The van der Waals surface area contributed by atoms with Gasteiger partial charge in [-0.05, 0) is 18.6 Å². The summed E-state index contributed by atoms with van der Waals surface area (Å²) in [6.45, 7) is 3.40. The summed E-state index contributed by atoms with van der Waals surface area (Å²) >= 11 is 6.14. The Balaban J connectivity index is 2.19. The van der Waals surface area contributed by atoms with Gasteiger partial charge in [0.25, 0.3) is 0 Å². The lowest BCUT2D eigenvalue weighted by Gasteiger charge is -2.19. The van der Waals surface area contributed by atoms with E-state index in [-0.39, 0.29) is 18.2 Å². The second-order valence-electron chi connectivity index (χ2n) is 6.10. The fraction of sp³-hybridized carbons (Fsp3) is 0.300. The van der Waals surface area contributed by atoms with Crippen molar-refractivity contribution in [1.29, 1.82) is 0 Å². The van der Waals surface area contributed by atoms with Gasteiger partial charge in [-0.1, -0.05) is 41.4 Å². The van der Waals surface area contributed by atoms with E-state index in [0.717, 1.165) is 11.1 Å². The highest BCUT2D eigenvalue weighted by molar-refractivity contribution is 6.32. The molecule has 1 unspecified atom stereocenters. The SMILES string of the molecule is COc1cc(OC)c(NC(=O)CC(NC(C)=O)c2ccc(C)cc2)cc1Cl. The van der Waals surface area contributed by atoms with Crippen LogP contribution in [-0.4, -0.2) is 26.0 Å². The molecule has 27 heavy (non-hydrogen) atoms. The highest BCUT2D eigenvalue weighted by Gasteiger charge is 2.19. The van der Waals surface area contributed by atoms with Crippen LogP contribution in [0.4, 0.5) is 5.69 Å². The van der Waals surface area contributed by atoms with E-state index in [2.05, 4.69) is 10.6 Å². The van der Waals surface area contributed by atoms with Gasteiger partial charge < -0.3 is 20.1 Å². The molecule has 0 bridgehead atoms. The second-order valence-corrected chi connectivity index (χ2v) is 6.51. The molecule has 0 fully saturated rings. The number of rotatable bonds is 7. The average Bonchev–Trinajstić information content (AvgIpc) is 2.61. The van der Waals surface area contributed by atoms with Gasteiger partial charge in [-0.25, -0.2) is 0 Å². The smallest absolute Gasteiger partial charge is 0.226 e. The lowest BCUT2D eigenvalue weighted by molar-refractivity contribution is -0.120. The third kappa shape index (κ3) is 5.62. The lowest BCUT2D eigenvalue weighted by Crippen LogP contribution is -2.29. The average molecular weight is 391 g/mol. The van der Waals surface area contributed by atoms with Crippen LogP contribution in [-0.2, 0) is 9.59 Å². The van der Waals surface area contributed by atoms with Crippen molar-refractivity contribution >= 4 is 29.1 Å². The minimum atomic E-state index is -0.442. The quantitative estimate of drug-likeness (QED) is 0.752. The van der Waals surface area contributed by atoms with Gasteiger partial charge in [-0.15, -0.1) is 0 Å². The van der Waals surface area contributed by atoms with Crippen LogP contribution in [0.1, 0.15) is 30.5 Å². The maximum atomic E-state index is 12.6. The summed E-state index contributed by atoms with van der Waals surface area (Å²) in [5, 5.41) is 5.95. The minimum absolute atomic E-state index is 0.0649. The number of aryl methyl sites for hydroxylation is 1. The van der Waals surface area contributed by atoms with Gasteiger partial charge in [-0.3, -0.25) is 9.59 Å². The van der Waals surface area contributed by atoms with Crippen molar-refractivity contribution in [3.05, 3.63) is 52.5 Å². The van der Waals surface area contributed by atoms with Gasteiger partial charge >= 0.3 is 0 Å². The van der Waals surface area contributed by atoms with Gasteiger partial charge in [0.15, 0.2) is 0 Å². The third-order valence-electron chi connectivity index (χ3n) is 3.99. The molecule has 6 nitrogen and oxygen atoms in total. The number of benzene rings is 2. The molecule has 2 aromatic rings. The molecule has 0 radical (unpaired) electrons. The molecule has 1 atom stereocenters. The number of amides is 2. The summed E-state index contributed by atoms with van der Waals surface area (Å²) in [5.41, 5.74) is 2.38. The molecule has 0 saturated heterocycles. The Morgan fingerprint density at radius 3 is 2.26 bits per heavy atom. The number of hydrogen-bond donors (Lipinski definition) is 2. The van der Waals surface area contributed by atoms with E-state index >= 15 is 0 Å². The standard InChI is InChI=1S/C20H23ClN2O4/c1-12-5-7-14(8-6-12)16(22-13(2)24)10-20(25)23-17-9-15(21)18(26-3)11-19(17)27-4/h5-9,11,16H,10H2,1-4H3,(H,22,24)(H,23,25). The van der Waals surface area contributed by atoms with Gasteiger partial charge in [0.05, 0.1) is 37.4 Å². The number of methoxy groups -OCH3 is 2. The molecule has 0 aromatic heterocycles. The number of hydrogen-bond acceptors (Lipinski definition) is 4. The van der Waals surface area contributed by atoms with Crippen LogP contribution in [0, 0.1) is 6.92 Å². The highest BCUT2D eigenvalue weighted by atomic mass is 35.5. The van der Waals surface area contributed by atoms with E-state index in [0.29, 0.717) is 22.2 Å². The molecule has 0 aliphatic rings. The Morgan fingerprint density at radius 2 is 1.70 bits per heavy atom. The number of halogens is 1. The fourth-order valence-electron chi connectivity index (χ4n) is 2.64. The number of carbonyl (C=O) groups excluding carboxylic acids is 2. The molecule has 2 N–H and O–H groups in total. The van der Waals surface area contributed by atoms with Crippen molar-refractivity contribution in [1.82, 2.24) is 5.32 Å². The molecule has 0 saturated carbocycles. The van der Waals surface area contributed by atoms with E-state index in [4.69, 9.17) is 21.1 Å². The molecule has 0 spiro atoms. The van der Waals surface area contributed by atoms with Gasteiger partial charge in [0.2, 0.25) is 11.8 Å². The van der Waals surface area contributed by atoms with Gasteiger partial charge in [0, 0.05) is 13.0 Å². The zero-order valence-corrected chi connectivity index (χ0v) is 16.5. The molecule has 144 valence electrons. The first-order chi connectivity index (χ1) is 12.8. The summed E-state index contributed by atoms with van der Waals surface area (Å²) < 4.78 is 10.4. The predicted molar refractivity (Wildman–Crippen MR) is 106 cm³/mol. The molecule has 0 heterocycles. The maximum absolute atomic E-state index is 12.6. The Kier molecular flexibility index (Phi) is 7.07. The minimum Gasteiger partial charge on any atom is -0.495 e. The van der Waals surface area contributed by atoms with Crippen LogP contribution in [0.25, 0.3) is 0 Å². The van der Waals surface area contributed by atoms with E-state index in [9.17, 15) is 9.59 Å². The molecule has 0 aliphatic heterocycles. The van der Waals surface area contributed by atoms with Crippen LogP contribution in [0.2, 0.25) is 5.02 Å². The summed E-state index contributed by atoms with van der Waals surface area (Å²) in [5.74, 6) is 0.380. The normalized spacial score (nSPS) is 11.4. The third-order valence-corrected chi connectivity index (χ3v) is 4.29. The Bertz CT molecular complexity index is 821. The van der Waals surface area contributed by atoms with Crippen molar-refractivity contribution in [2.45, 2.75) is 26.3 Å². The molecule has 2 amide bonds. The summed E-state index contributed by atoms with van der Waals surface area (Å²) in [7, 11) is 2.99. The van der Waals surface area contributed by atoms with Crippen molar-refractivity contribution in [2.24, 2.45) is 0 Å². The zero-order chi connectivity index (χ0) is 20.0. The van der Waals surface area contributed by atoms with Crippen molar-refractivity contribution in [3.8, 4) is 11.5 Å². The lowest BCUT2D eigenvalue weighted by atomic mass is 10.0. The van der Waals surface area contributed by atoms with Crippen molar-refractivity contribution in [2.75, 3.05) is 19.5 Å². The number of anilines is 1. The molecule has 2 rings (SSSR count). The van der Waals surface area contributed by atoms with Crippen LogP contribution in [0.15, 0.2) is 36.4 Å². The first-order valence-electron chi connectivity index (χ1n) is 8.39. The number of nitrogens with one attached hydrogen (secondary N) is 2. The van der Waals surface area contributed by atoms with E-state index < -0.39 is 6.04 Å². The maximum Gasteiger partial charge on any atom is 0.226 e. The largest absolute Gasteiger partial charge is 0.495 e. The number of ether oxygens (including phenoxy) is 2. The Morgan fingerprint density at radius 1 is 1.07 bits per heavy atom. The fourth-order valence-corrected chi connectivity index (χ4v) is 2.88. The summed E-state index contributed by atoms with van der Waals surface area (Å²) in [6.07, 6.45) is 0.0649. The second kappa shape index (κ2) is 9.28. The van der Waals surface area contributed by atoms with Crippen molar-refractivity contribution in [3.63, 3.8) is 0 Å². The Labute approximate surface area is 163 Å². The van der Waals surface area contributed by atoms with Gasteiger partial charge in [0.1, 0.15) is 11.5 Å². The highest BCUT2D eigenvalue weighted by Crippen LogP contribution is 2.36. The predicted octanol–water partition coefficient (Wildman–Crippen LogP) is 3.87. The van der Waals surface area contributed by atoms with E-state index in [1.807, 2.05) is 31.2 Å². The molecule has 7 heteroatoms. The molecule has 2 aromatic carbocycles. The molecule has 0 aliphatic carbocycles. The zero-order valence-electron chi connectivity index (χ0n) is 15.8. The van der Waals surface area contributed by atoms with Crippen LogP contribution in [0.3, 0.4) is 0 Å². The monoisotopic (exact) mass is 390 g/mol. The van der Waals surface area contributed by atoms with Gasteiger partial charge in [-0.2, -0.15) is 0 Å². The first kappa shape index (κ1) is 20.6. The Hall–Kier alpha value is -2.73. The summed E-state index contributed by atoms with van der Waals surface area (Å²) in [4.78, 5) is 24.1. The summed E-state index contributed by atoms with van der Waals surface area (Å²) in [6, 6.07) is 10.4. The topological polar surface area (TPSA) is 76.7 Å². The van der Waals surface area contributed by atoms with E-state index in [1.165, 1.54) is 21.1 Å². The van der Waals surface area contributed by atoms with Crippen molar-refractivity contribution < 1.29 is 19.1 Å². The van der Waals surface area contributed by atoms with E-state index in [1.54, 1.807) is 12.1 Å². The van der Waals surface area contributed by atoms with Crippen LogP contribution >= 0.6 is 11.6 Å².